The summed E-state index contributed by atoms with van der Waals surface area (Å²) in [7, 11) is 4.20. The van der Waals surface area contributed by atoms with Crippen LogP contribution in [0.5, 0.6) is 0 Å². The molecule has 17 heavy (non-hydrogen) atoms. The molecule has 0 saturated carbocycles. The monoisotopic (exact) mass is 229 g/mol. The number of aromatic nitrogens is 1. The number of pyridine rings is 1. The Hall–Kier alpha value is -1.61. The van der Waals surface area contributed by atoms with Gasteiger partial charge in [0.25, 0.3) is 0 Å². The van der Waals surface area contributed by atoms with Crippen LogP contribution in [0.15, 0.2) is 36.5 Å². The molecule has 3 heteroatoms. The summed E-state index contributed by atoms with van der Waals surface area (Å²) in [5.74, 6) is 0. The van der Waals surface area contributed by atoms with Crippen LogP contribution in [-0.4, -0.2) is 37.1 Å². The van der Waals surface area contributed by atoms with Crippen molar-refractivity contribution in [2.45, 2.75) is 6.42 Å². The van der Waals surface area contributed by atoms with E-state index in [2.05, 4.69) is 41.4 Å². The molecule has 2 rings (SSSR count). The SMILES string of the molecule is CN(C)CCCNc1ccnc2ccccc12. The van der Waals surface area contributed by atoms with E-state index in [1.165, 1.54) is 11.1 Å². The van der Waals surface area contributed by atoms with E-state index in [9.17, 15) is 0 Å². The number of hydrogen-bond acceptors (Lipinski definition) is 3. The molecule has 0 unspecified atom stereocenters. The first-order valence-electron chi connectivity index (χ1n) is 6.00. The van der Waals surface area contributed by atoms with Crippen LogP contribution in [0.1, 0.15) is 6.42 Å². The van der Waals surface area contributed by atoms with Gasteiger partial charge in [-0.1, -0.05) is 18.2 Å². The Labute approximate surface area is 102 Å². The first-order valence-corrected chi connectivity index (χ1v) is 6.00. The lowest BCUT2D eigenvalue weighted by atomic mass is 10.2. The molecule has 90 valence electrons. The molecule has 0 radical (unpaired) electrons. The summed E-state index contributed by atoms with van der Waals surface area (Å²) in [5.41, 5.74) is 2.22. The lowest BCUT2D eigenvalue weighted by Gasteiger charge is -2.11. The van der Waals surface area contributed by atoms with Crippen molar-refractivity contribution >= 4 is 16.6 Å². The van der Waals surface area contributed by atoms with Crippen molar-refractivity contribution in [2.75, 3.05) is 32.5 Å². The second kappa shape index (κ2) is 5.64. The number of para-hydroxylation sites is 1. The fourth-order valence-corrected chi connectivity index (χ4v) is 1.87. The normalized spacial score (nSPS) is 11.0. The Morgan fingerprint density at radius 1 is 1.18 bits per heavy atom. The van der Waals surface area contributed by atoms with Crippen molar-refractivity contribution in [3.63, 3.8) is 0 Å². The Morgan fingerprint density at radius 2 is 2.00 bits per heavy atom. The zero-order valence-corrected chi connectivity index (χ0v) is 10.5. The van der Waals surface area contributed by atoms with Crippen molar-refractivity contribution in [1.82, 2.24) is 9.88 Å². The summed E-state index contributed by atoms with van der Waals surface area (Å²) in [4.78, 5) is 6.55. The van der Waals surface area contributed by atoms with Crippen LogP contribution in [0.25, 0.3) is 10.9 Å². The highest BCUT2D eigenvalue weighted by molar-refractivity contribution is 5.90. The maximum atomic E-state index is 4.35. The van der Waals surface area contributed by atoms with Crippen LogP contribution < -0.4 is 5.32 Å². The average Bonchev–Trinajstić information content (AvgIpc) is 2.34. The van der Waals surface area contributed by atoms with Gasteiger partial charge in [0.2, 0.25) is 0 Å². The van der Waals surface area contributed by atoms with E-state index in [-0.39, 0.29) is 0 Å². The lowest BCUT2D eigenvalue weighted by Crippen LogP contribution is -2.16. The highest BCUT2D eigenvalue weighted by Gasteiger charge is 1.99. The number of nitrogens with one attached hydrogen (secondary N) is 1. The van der Waals surface area contributed by atoms with Gasteiger partial charge in [-0.25, -0.2) is 0 Å². The molecule has 0 spiro atoms. The number of nitrogens with zero attached hydrogens (tertiary/aromatic N) is 2. The summed E-state index contributed by atoms with van der Waals surface area (Å²) >= 11 is 0. The zero-order chi connectivity index (χ0) is 12.1. The fourth-order valence-electron chi connectivity index (χ4n) is 1.87. The maximum absolute atomic E-state index is 4.35. The summed E-state index contributed by atoms with van der Waals surface area (Å²) in [6.07, 6.45) is 3.00. The third-order valence-electron chi connectivity index (χ3n) is 2.75. The predicted molar refractivity (Wildman–Crippen MR) is 73.4 cm³/mol. The molecule has 0 atom stereocenters. The minimum Gasteiger partial charge on any atom is -0.384 e. The third-order valence-corrected chi connectivity index (χ3v) is 2.75. The maximum Gasteiger partial charge on any atom is 0.0722 e. The van der Waals surface area contributed by atoms with Crippen LogP contribution in [0.4, 0.5) is 5.69 Å². The average molecular weight is 229 g/mol. The van der Waals surface area contributed by atoms with Crippen molar-refractivity contribution in [1.29, 1.82) is 0 Å². The largest absolute Gasteiger partial charge is 0.384 e. The fraction of sp³-hybridized carbons (Fsp3) is 0.357. The second-order valence-electron chi connectivity index (χ2n) is 4.46. The van der Waals surface area contributed by atoms with Gasteiger partial charge in [-0.3, -0.25) is 4.98 Å². The highest BCUT2D eigenvalue weighted by Crippen LogP contribution is 2.20. The van der Waals surface area contributed by atoms with Crippen molar-refractivity contribution in [3.05, 3.63) is 36.5 Å². The Bertz CT molecular complexity index is 474. The summed E-state index contributed by atoms with van der Waals surface area (Å²) < 4.78 is 0. The van der Waals surface area contributed by atoms with Gasteiger partial charge < -0.3 is 10.2 Å². The molecule has 0 aliphatic rings. The molecule has 0 saturated heterocycles. The van der Waals surface area contributed by atoms with Crippen molar-refractivity contribution < 1.29 is 0 Å². The molecule has 0 bridgehead atoms. The van der Waals surface area contributed by atoms with E-state index in [1.807, 2.05) is 24.4 Å². The molecule has 0 aliphatic carbocycles. The summed E-state index contributed by atoms with van der Waals surface area (Å²) in [6.45, 7) is 2.10. The zero-order valence-electron chi connectivity index (χ0n) is 10.5. The highest BCUT2D eigenvalue weighted by atomic mass is 15.1. The first kappa shape index (κ1) is 11.9. The molecule has 0 amide bonds. The van der Waals surface area contributed by atoms with Crippen molar-refractivity contribution in [3.8, 4) is 0 Å². The van der Waals surface area contributed by atoms with Gasteiger partial charge in [-0.05, 0) is 39.2 Å². The quantitative estimate of drug-likeness (QED) is 0.799. The Morgan fingerprint density at radius 3 is 2.82 bits per heavy atom. The number of hydrogen-bond donors (Lipinski definition) is 1. The predicted octanol–water partition coefficient (Wildman–Crippen LogP) is 2.60. The molecule has 1 N–H and O–H groups in total. The first-order chi connectivity index (χ1) is 8.27. The van der Waals surface area contributed by atoms with Gasteiger partial charge in [-0.15, -0.1) is 0 Å². The van der Waals surface area contributed by atoms with E-state index in [4.69, 9.17) is 0 Å². The lowest BCUT2D eigenvalue weighted by molar-refractivity contribution is 0.405. The third kappa shape index (κ3) is 3.17. The van der Waals surface area contributed by atoms with Gasteiger partial charge in [-0.2, -0.15) is 0 Å². The van der Waals surface area contributed by atoms with Gasteiger partial charge in [0, 0.05) is 23.8 Å². The van der Waals surface area contributed by atoms with E-state index in [0.717, 1.165) is 25.0 Å². The molecule has 0 aliphatic heterocycles. The van der Waals surface area contributed by atoms with Crippen LogP contribution in [0.2, 0.25) is 0 Å². The number of anilines is 1. The Kier molecular flexibility index (Phi) is 3.94. The summed E-state index contributed by atoms with van der Waals surface area (Å²) in [6, 6.07) is 10.3. The smallest absolute Gasteiger partial charge is 0.0722 e. The van der Waals surface area contributed by atoms with Crippen LogP contribution in [0.3, 0.4) is 0 Å². The van der Waals surface area contributed by atoms with Gasteiger partial charge >= 0.3 is 0 Å². The molecular weight excluding hydrogens is 210 g/mol. The molecular formula is C14H19N3. The summed E-state index contributed by atoms with van der Waals surface area (Å²) in [5, 5.41) is 4.67. The van der Waals surface area contributed by atoms with Crippen LogP contribution in [0, 0.1) is 0 Å². The van der Waals surface area contributed by atoms with E-state index in [0.29, 0.717) is 0 Å². The van der Waals surface area contributed by atoms with Gasteiger partial charge in [0.15, 0.2) is 0 Å². The Balaban J connectivity index is 2.03. The van der Waals surface area contributed by atoms with Crippen LogP contribution in [-0.2, 0) is 0 Å². The molecule has 1 heterocycles. The van der Waals surface area contributed by atoms with Crippen molar-refractivity contribution in [2.24, 2.45) is 0 Å². The van der Waals surface area contributed by atoms with Gasteiger partial charge in [0.05, 0.1) is 5.52 Å². The minimum atomic E-state index is 0.992. The molecule has 1 aromatic heterocycles. The van der Waals surface area contributed by atoms with E-state index in [1.54, 1.807) is 0 Å². The standard InChI is InChI=1S/C14H19N3/c1-17(2)11-5-9-15-14-8-10-16-13-7-4-3-6-12(13)14/h3-4,6-8,10H,5,9,11H2,1-2H3,(H,15,16). The molecule has 0 fully saturated rings. The van der Waals surface area contributed by atoms with Crippen LogP contribution >= 0.6 is 0 Å². The number of rotatable bonds is 5. The molecule has 3 nitrogen and oxygen atoms in total. The van der Waals surface area contributed by atoms with E-state index < -0.39 is 0 Å². The van der Waals surface area contributed by atoms with Gasteiger partial charge in [0.1, 0.15) is 0 Å². The molecule has 1 aromatic carbocycles. The second-order valence-corrected chi connectivity index (χ2v) is 4.46. The number of fused-ring (bicyclic) bond motifs is 1. The number of benzene rings is 1. The minimum absolute atomic E-state index is 0.992. The topological polar surface area (TPSA) is 28.2 Å². The molecule has 2 aromatic rings. The van der Waals surface area contributed by atoms with E-state index >= 15 is 0 Å².